The van der Waals surface area contributed by atoms with E-state index >= 15 is 0 Å². The number of nitrogens with zero attached hydrogens (tertiary/aromatic N) is 2. The van der Waals surface area contributed by atoms with Gasteiger partial charge in [-0.05, 0) is 11.5 Å². The van der Waals surface area contributed by atoms with Crippen LogP contribution in [-0.4, -0.2) is 22.4 Å². The second kappa shape index (κ2) is 5.43. The van der Waals surface area contributed by atoms with Gasteiger partial charge in [0.2, 0.25) is 5.91 Å². The normalized spacial score (nSPS) is 20.0. The van der Waals surface area contributed by atoms with Gasteiger partial charge in [0.15, 0.2) is 11.6 Å². The Labute approximate surface area is 121 Å². The Morgan fingerprint density at radius 3 is 2.67 bits per heavy atom. The van der Waals surface area contributed by atoms with Crippen LogP contribution in [-0.2, 0) is 9.59 Å². The van der Waals surface area contributed by atoms with Crippen molar-refractivity contribution in [2.75, 3.05) is 0 Å². The number of Topliss-reactive ketones (excluding diaryl/α,β-unsaturated/α-hetero) is 1. The van der Waals surface area contributed by atoms with Crippen molar-refractivity contribution >= 4 is 28.9 Å². The smallest absolute Gasteiger partial charge is 0.271 e. The molecule has 0 bridgehead atoms. The monoisotopic (exact) mass is 289 g/mol. The molecule has 1 amide bonds. The Balaban J connectivity index is 2.35. The van der Waals surface area contributed by atoms with Crippen molar-refractivity contribution in [3.8, 4) is 0 Å². The minimum absolute atomic E-state index is 0.0638. The number of amidine groups is 1. The maximum absolute atomic E-state index is 12.1. The highest BCUT2D eigenvalue weighted by Gasteiger charge is 2.32. The number of nitro groups is 1. The van der Waals surface area contributed by atoms with E-state index in [1.165, 1.54) is 24.3 Å². The quantitative estimate of drug-likeness (QED) is 0.665. The first kappa shape index (κ1) is 14.8. The fourth-order valence-corrected chi connectivity index (χ4v) is 2.16. The summed E-state index contributed by atoms with van der Waals surface area (Å²) in [6, 6.07) is 5.60. The van der Waals surface area contributed by atoms with Gasteiger partial charge < -0.3 is 5.32 Å². The summed E-state index contributed by atoms with van der Waals surface area (Å²) in [4.78, 5) is 38.1. The number of hydrogen-bond acceptors (Lipinski definition) is 5. The van der Waals surface area contributed by atoms with Crippen LogP contribution in [0, 0.1) is 15.5 Å². The van der Waals surface area contributed by atoms with E-state index < -0.39 is 10.3 Å². The SMILES string of the molecule is CC1(C)CC(=O)NC(=Nc2cccc([N+](=O)[O-])c2)C(=O)C1. The van der Waals surface area contributed by atoms with E-state index in [4.69, 9.17) is 0 Å². The predicted molar refractivity (Wildman–Crippen MR) is 76.4 cm³/mol. The van der Waals surface area contributed by atoms with E-state index in [1.807, 2.05) is 13.8 Å². The Bertz CT molecular complexity index is 649. The fourth-order valence-electron chi connectivity index (χ4n) is 2.16. The summed E-state index contributed by atoms with van der Waals surface area (Å²) in [5.41, 5.74) is -0.293. The van der Waals surface area contributed by atoms with Gasteiger partial charge in [0, 0.05) is 25.0 Å². The zero-order valence-electron chi connectivity index (χ0n) is 11.8. The van der Waals surface area contributed by atoms with E-state index in [-0.39, 0.29) is 41.7 Å². The summed E-state index contributed by atoms with van der Waals surface area (Å²) in [6.45, 7) is 3.67. The van der Waals surface area contributed by atoms with E-state index in [9.17, 15) is 19.7 Å². The minimum atomic E-state index is -0.541. The summed E-state index contributed by atoms with van der Waals surface area (Å²) in [7, 11) is 0. The molecule has 1 N–H and O–H groups in total. The van der Waals surface area contributed by atoms with Crippen molar-refractivity contribution in [2.45, 2.75) is 26.7 Å². The molecular weight excluding hydrogens is 274 g/mol. The van der Waals surface area contributed by atoms with Gasteiger partial charge in [-0.2, -0.15) is 0 Å². The van der Waals surface area contributed by atoms with Gasteiger partial charge in [0.1, 0.15) is 0 Å². The summed E-state index contributed by atoms with van der Waals surface area (Å²) in [5.74, 6) is -0.626. The topological polar surface area (TPSA) is 102 Å². The molecule has 1 heterocycles. The molecule has 21 heavy (non-hydrogen) atoms. The molecule has 2 rings (SSSR count). The molecule has 7 heteroatoms. The molecule has 1 fully saturated rings. The summed E-state index contributed by atoms with van der Waals surface area (Å²) < 4.78 is 0. The van der Waals surface area contributed by atoms with Gasteiger partial charge in [0.05, 0.1) is 10.6 Å². The molecule has 0 atom stereocenters. The van der Waals surface area contributed by atoms with Gasteiger partial charge in [-0.15, -0.1) is 0 Å². The average molecular weight is 289 g/mol. The lowest BCUT2D eigenvalue weighted by molar-refractivity contribution is -0.384. The molecule has 1 aliphatic rings. The second-order valence-corrected chi connectivity index (χ2v) is 5.73. The maximum Gasteiger partial charge on any atom is 0.271 e. The van der Waals surface area contributed by atoms with Crippen LogP contribution in [0.4, 0.5) is 11.4 Å². The number of hydrogen-bond donors (Lipinski definition) is 1. The number of benzene rings is 1. The molecule has 0 aliphatic carbocycles. The lowest BCUT2D eigenvalue weighted by atomic mass is 9.85. The number of non-ortho nitro benzene ring substituents is 1. The Morgan fingerprint density at radius 2 is 2.00 bits per heavy atom. The highest BCUT2D eigenvalue weighted by atomic mass is 16.6. The Kier molecular flexibility index (Phi) is 3.84. The molecular formula is C14H15N3O4. The Morgan fingerprint density at radius 1 is 1.29 bits per heavy atom. The van der Waals surface area contributed by atoms with Crippen LogP contribution in [0.15, 0.2) is 29.3 Å². The fraction of sp³-hybridized carbons (Fsp3) is 0.357. The van der Waals surface area contributed by atoms with Gasteiger partial charge in [-0.3, -0.25) is 19.7 Å². The highest BCUT2D eigenvalue weighted by molar-refractivity contribution is 6.42. The van der Waals surface area contributed by atoms with Gasteiger partial charge >= 0.3 is 0 Å². The summed E-state index contributed by atoms with van der Waals surface area (Å²) in [5, 5.41) is 13.2. The van der Waals surface area contributed by atoms with Crippen LogP contribution in [0.5, 0.6) is 0 Å². The van der Waals surface area contributed by atoms with E-state index in [1.54, 1.807) is 0 Å². The summed E-state index contributed by atoms with van der Waals surface area (Å²) >= 11 is 0. The first-order valence-corrected chi connectivity index (χ1v) is 6.43. The maximum atomic E-state index is 12.1. The van der Waals surface area contributed by atoms with Crippen molar-refractivity contribution in [1.82, 2.24) is 5.32 Å². The van der Waals surface area contributed by atoms with E-state index in [0.717, 1.165) is 0 Å². The standard InChI is InChI=1S/C14H15N3O4/c1-14(2)7-11(18)13(16-12(19)8-14)15-9-4-3-5-10(6-9)17(20)21/h3-6H,7-8H2,1-2H3,(H,15,16,19). The average Bonchev–Trinajstić information content (AvgIpc) is 2.45. The third kappa shape index (κ3) is 3.71. The first-order chi connectivity index (χ1) is 9.77. The van der Waals surface area contributed by atoms with Gasteiger partial charge in [-0.1, -0.05) is 19.9 Å². The van der Waals surface area contributed by atoms with Crippen LogP contribution in [0.1, 0.15) is 26.7 Å². The van der Waals surface area contributed by atoms with Crippen LogP contribution < -0.4 is 5.32 Å². The number of carbonyl (C=O) groups excluding carboxylic acids is 2. The molecule has 7 nitrogen and oxygen atoms in total. The van der Waals surface area contributed by atoms with Crippen molar-refractivity contribution in [3.63, 3.8) is 0 Å². The molecule has 0 aromatic heterocycles. The van der Waals surface area contributed by atoms with Gasteiger partial charge in [-0.25, -0.2) is 4.99 Å². The zero-order valence-corrected chi connectivity index (χ0v) is 11.8. The highest BCUT2D eigenvalue weighted by Crippen LogP contribution is 2.28. The number of amides is 1. The van der Waals surface area contributed by atoms with Crippen LogP contribution in [0.25, 0.3) is 0 Å². The Hall–Kier alpha value is -2.57. The lowest BCUT2D eigenvalue weighted by Gasteiger charge is -2.18. The largest absolute Gasteiger partial charge is 0.308 e. The third-order valence-electron chi connectivity index (χ3n) is 3.08. The molecule has 0 saturated carbocycles. The number of rotatable bonds is 2. The van der Waals surface area contributed by atoms with Crippen LogP contribution in [0.2, 0.25) is 0 Å². The number of nitro benzene ring substituents is 1. The number of ketones is 1. The van der Waals surface area contributed by atoms with Crippen molar-refractivity contribution < 1.29 is 14.5 Å². The molecule has 0 unspecified atom stereocenters. The number of carbonyl (C=O) groups is 2. The molecule has 1 saturated heterocycles. The number of aliphatic imine (C=N–C) groups is 1. The van der Waals surface area contributed by atoms with Crippen LogP contribution >= 0.6 is 0 Å². The molecule has 0 spiro atoms. The zero-order chi connectivity index (χ0) is 15.6. The van der Waals surface area contributed by atoms with E-state index in [2.05, 4.69) is 10.3 Å². The molecule has 1 aliphatic heterocycles. The molecule has 1 aromatic rings. The van der Waals surface area contributed by atoms with Crippen molar-refractivity contribution in [2.24, 2.45) is 10.4 Å². The van der Waals surface area contributed by atoms with Crippen molar-refractivity contribution in [1.29, 1.82) is 0 Å². The minimum Gasteiger partial charge on any atom is -0.308 e. The third-order valence-corrected chi connectivity index (χ3v) is 3.08. The molecule has 0 radical (unpaired) electrons. The second-order valence-electron chi connectivity index (χ2n) is 5.73. The van der Waals surface area contributed by atoms with Crippen molar-refractivity contribution in [3.05, 3.63) is 34.4 Å². The van der Waals surface area contributed by atoms with E-state index in [0.29, 0.717) is 0 Å². The lowest BCUT2D eigenvalue weighted by Crippen LogP contribution is -2.33. The first-order valence-electron chi connectivity index (χ1n) is 6.43. The molecule has 1 aromatic carbocycles. The summed E-state index contributed by atoms with van der Waals surface area (Å²) in [6.07, 6.45) is 0.423. The van der Waals surface area contributed by atoms with Gasteiger partial charge in [0.25, 0.3) is 5.69 Å². The predicted octanol–water partition coefficient (Wildman–Crippen LogP) is 2.13. The number of nitrogens with one attached hydrogen (secondary N) is 1. The van der Waals surface area contributed by atoms with Crippen LogP contribution in [0.3, 0.4) is 0 Å². The molecule has 110 valence electrons.